The van der Waals surface area contributed by atoms with Gasteiger partial charge in [0.05, 0.1) is 24.3 Å². The molecule has 0 radical (unpaired) electrons. The molecule has 12 heteroatoms. The van der Waals surface area contributed by atoms with Crippen molar-refractivity contribution in [1.82, 2.24) is 25.1 Å². The molecule has 11 nitrogen and oxygen atoms in total. The maximum atomic E-state index is 13.6. The number of fused-ring (bicyclic) bond motifs is 3. The highest BCUT2D eigenvalue weighted by Crippen LogP contribution is 2.29. The molecule has 2 atom stereocenters. The van der Waals surface area contributed by atoms with Crippen molar-refractivity contribution >= 4 is 23.5 Å². The Morgan fingerprint density at radius 1 is 1.36 bits per heavy atom. The first kappa shape index (κ1) is 22.2. The number of hydrogen-bond donors (Lipinski definition) is 2. The minimum atomic E-state index is -0.934. The third kappa shape index (κ3) is 3.98. The van der Waals surface area contributed by atoms with E-state index in [1.54, 1.807) is 6.07 Å². The number of anilines is 1. The van der Waals surface area contributed by atoms with Gasteiger partial charge in [0.2, 0.25) is 0 Å². The number of nitrogens with one attached hydrogen (secondary N) is 2. The van der Waals surface area contributed by atoms with Gasteiger partial charge in [0.25, 0.3) is 11.8 Å². The number of hydrogen-bond acceptors (Lipinski definition) is 6. The second-order valence-electron chi connectivity index (χ2n) is 7.88. The van der Waals surface area contributed by atoms with Crippen molar-refractivity contribution in [3.8, 4) is 6.07 Å². The van der Waals surface area contributed by atoms with E-state index in [1.165, 1.54) is 35.8 Å². The van der Waals surface area contributed by atoms with Crippen LogP contribution in [-0.4, -0.2) is 63.8 Å². The van der Waals surface area contributed by atoms with Gasteiger partial charge in [0.15, 0.2) is 6.10 Å². The molecule has 33 heavy (non-hydrogen) atoms. The minimum absolute atomic E-state index is 0.0468. The second kappa shape index (κ2) is 8.51. The van der Waals surface area contributed by atoms with Crippen LogP contribution in [0.4, 0.5) is 14.9 Å². The molecule has 172 valence electrons. The van der Waals surface area contributed by atoms with Crippen molar-refractivity contribution in [2.24, 2.45) is 0 Å². The standard InChI is InChI=1S/C21H22FN7O4/c1-11-6-16-14(9-28(11)21(32)25-13-4-5-15(22)12(7-13)8-23)18-20(31)27(3)33-17(19(30)24-2)10-29(18)26-16/h4-5,7,11,17H,6,9-10H2,1-3H3,(H,24,30)(H,25,32)/t11-,17-/m1/s1. The van der Waals surface area contributed by atoms with Crippen LogP contribution in [0.25, 0.3) is 0 Å². The molecule has 2 aliphatic rings. The van der Waals surface area contributed by atoms with Gasteiger partial charge in [0.1, 0.15) is 17.6 Å². The quantitative estimate of drug-likeness (QED) is 0.694. The van der Waals surface area contributed by atoms with Crippen LogP contribution in [-0.2, 0) is 29.1 Å². The van der Waals surface area contributed by atoms with Crippen molar-refractivity contribution in [3.05, 3.63) is 46.5 Å². The molecular formula is C21H22FN7O4. The first-order valence-corrected chi connectivity index (χ1v) is 10.3. The van der Waals surface area contributed by atoms with Crippen LogP contribution in [0.5, 0.6) is 0 Å². The van der Waals surface area contributed by atoms with Crippen LogP contribution in [0.2, 0.25) is 0 Å². The Balaban J connectivity index is 1.62. The van der Waals surface area contributed by atoms with Crippen LogP contribution in [0.1, 0.15) is 34.2 Å². The van der Waals surface area contributed by atoms with Gasteiger partial charge in [0, 0.05) is 37.8 Å². The fourth-order valence-corrected chi connectivity index (χ4v) is 3.99. The van der Waals surface area contributed by atoms with Crippen LogP contribution in [0.3, 0.4) is 0 Å². The number of carbonyl (C=O) groups excluding carboxylic acids is 3. The van der Waals surface area contributed by atoms with Gasteiger partial charge in [-0.2, -0.15) is 10.4 Å². The van der Waals surface area contributed by atoms with Gasteiger partial charge in [-0.3, -0.25) is 19.1 Å². The summed E-state index contributed by atoms with van der Waals surface area (Å²) in [6.07, 6.45) is -0.533. The van der Waals surface area contributed by atoms with Crippen molar-refractivity contribution in [2.75, 3.05) is 19.4 Å². The number of nitrogens with zero attached hydrogens (tertiary/aromatic N) is 5. The third-order valence-corrected chi connectivity index (χ3v) is 5.73. The summed E-state index contributed by atoms with van der Waals surface area (Å²) in [6, 6.07) is 4.77. The van der Waals surface area contributed by atoms with Crippen molar-refractivity contribution in [3.63, 3.8) is 0 Å². The topological polar surface area (TPSA) is 133 Å². The molecule has 0 saturated carbocycles. The molecule has 3 heterocycles. The number of benzene rings is 1. The van der Waals surface area contributed by atoms with Crippen LogP contribution in [0, 0.1) is 17.1 Å². The molecule has 1 aromatic carbocycles. The lowest BCUT2D eigenvalue weighted by atomic mass is 9.99. The molecule has 2 N–H and O–H groups in total. The van der Waals surface area contributed by atoms with Crippen molar-refractivity contribution in [1.29, 1.82) is 5.26 Å². The SMILES string of the molecule is CNC(=O)[C@H]1Cn2nc3c(c2C(=O)N(C)O1)CN(C(=O)Nc1ccc(F)c(C#N)c1)[C@H](C)C3. The lowest BCUT2D eigenvalue weighted by Gasteiger charge is -2.33. The summed E-state index contributed by atoms with van der Waals surface area (Å²) in [7, 11) is 2.90. The van der Waals surface area contributed by atoms with E-state index < -0.39 is 23.9 Å². The maximum absolute atomic E-state index is 13.6. The lowest BCUT2D eigenvalue weighted by molar-refractivity contribution is -0.168. The summed E-state index contributed by atoms with van der Waals surface area (Å²) in [5.41, 5.74) is 1.62. The van der Waals surface area contributed by atoms with E-state index in [1.807, 2.05) is 6.92 Å². The molecule has 4 rings (SSSR count). The van der Waals surface area contributed by atoms with E-state index in [9.17, 15) is 18.8 Å². The Morgan fingerprint density at radius 3 is 2.82 bits per heavy atom. The minimum Gasteiger partial charge on any atom is -0.357 e. The zero-order chi connectivity index (χ0) is 23.9. The van der Waals surface area contributed by atoms with Crippen LogP contribution >= 0.6 is 0 Å². The second-order valence-corrected chi connectivity index (χ2v) is 7.88. The molecule has 1 aromatic heterocycles. The molecule has 0 saturated heterocycles. The van der Waals surface area contributed by atoms with E-state index in [-0.39, 0.29) is 42.0 Å². The van der Waals surface area contributed by atoms with E-state index in [4.69, 9.17) is 10.1 Å². The summed E-state index contributed by atoms with van der Waals surface area (Å²) < 4.78 is 15.1. The molecule has 0 bridgehead atoms. The Hall–Kier alpha value is -3.98. The zero-order valence-electron chi connectivity index (χ0n) is 18.3. The normalized spacial score (nSPS) is 19.8. The molecule has 2 aromatic rings. The summed E-state index contributed by atoms with van der Waals surface area (Å²) in [4.78, 5) is 45.1. The lowest BCUT2D eigenvalue weighted by Crippen LogP contribution is -2.45. The third-order valence-electron chi connectivity index (χ3n) is 5.73. The fourth-order valence-electron chi connectivity index (χ4n) is 3.99. The van der Waals surface area contributed by atoms with Crippen molar-refractivity contribution in [2.45, 2.75) is 38.6 Å². The summed E-state index contributed by atoms with van der Waals surface area (Å²) >= 11 is 0. The zero-order valence-corrected chi connectivity index (χ0v) is 18.3. The van der Waals surface area contributed by atoms with Crippen LogP contribution in [0.15, 0.2) is 18.2 Å². The number of amides is 4. The number of carbonyl (C=O) groups is 3. The average Bonchev–Trinajstić information content (AvgIpc) is 3.08. The molecule has 0 unspecified atom stereocenters. The predicted molar refractivity (Wildman–Crippen MR) is 112 cm³/mol. The number of halogens is 1. The highest BCUT2D eigenvalue weighted by molar-refractivity contribution is 5.95. The summed E-state index contributed by atoms with van der Waals surface area (Å²) in [6.45, 7) is 2.00. The number of rotatable bonds is 2. The number of urea groups is 1. The number of aromatic nitrogens is 2. The Bertz CT molecular complexity index is 1190. The van der Waals surface area contributed by atoms with E-state index in [2.05, 4.69) is 15.7 Å². The molecule has 4 amide bonds. The first-order valence-electron chi connectivity index (χ1n) is 10.3. The van der Waals surface area contributed by atoms with Crippen molar-refractivity contribution < 1.29 is 23.6 Å². The molecule has 0 fully saturated rings. The van der Waals surface area contributed by atoms with E-state index in [0.29, 0.717) is 17.7 Å². The highest BCUT2D eigenvalue weighted by Gasteiger charge is 2.38. The monoisotopic (exact) mass is 455 g/mol. The summed E-state index contributed by atoms with van der Waals surface area (Å²) in [5.74, 6) is -1.53. The number of likely N-dealkylation sites (N-methyl/N-ethyl adjacent to an activating group) is 1. The molecular weight excluding hydrogens is 433 g/mol. The Morgan fingerprint density at radius 2 is 2.12 bits per heavy atom. The first-order chi connectivity index (χ1) is 15.7. The largest absolute Gasteiger partial charge is 0.357 e. The van der Waals surface area contributed by atoms with Gasteiger partial charge >= 0.3 is 6.03 Å². The maximum Gasteiger partial charge on any atom is 0.322 e. The Kier molecular flexibility index (Phi) is 5.73. The number of hydroxylamine groups is 2. The van der Waals surface area contributed by atoms with E-state index >= 15 is 0 Å². The molecule has 0 spiro atoms. The van der Waals surface area contributed by atoms with Crippen LogP contribution < -0.4 is 10.6 Å². The Labute approximate surface area is 188 Å². The number of nitriles is 1. The highest BCUT2D eigenvalue weighted by atomic mass is 19.1. The predicted octanol–water partition coefficient (Wildman–Crippen LogP) is 1.00. The summed E-state index contributed by atoms with van der Waals surface area (Å²) in [5, 5.41) is 19.7. The van der Waals surface area contributed by atoms with Gasteiger partial charge in [-0.05, 0) is 25.1 Å². The van der Waals surface area contributed by atoms with Gasteiger partial charge < -0.3 is 15.5 Å². The molecule has 0 aliphatic carbocycles. The fraction of sp³-hybridized carbons (Fsp3) is 0.381. The molecule has 2 aliphatic heterocycles. The smallest absolute Gasteiger partial charge is 0.322 e. The van der Waals surface area contributed by atoms with Gasteiger partial charge in [-0.15, -0.1) is 0 Å². The van der Waals surface area contributed by atoms with Gasteiger partial charge in [-0.25, -0.2) is 14.2 Å². The van der Waals surface area contributed by atoms with Gasteiger partial charge in [-0.1, -0.05) is 0 Å². The van der Waals surface area contributed by atoms with E-state index in [0.717, 1.165) is 11.1 Å². The average molecular weight is 455 g/mol.